The summed E-state index contributed by atoms with van der Waals surface area (Å²) in [5.41, 5.74) is 4.57. The highest BCUT2D eigenvalue weighted by atomic mass is 32.2. The lowest BCUT2D eigenvalue weighted by molar-refractivity contribution is 0.102. The molecule has 1 aromatic heterocycles. The molecule has 1 spiro atoms. The van der Waals surface area contributed by atoms with Gasteiger partial charge in [-0.15, -0.1) is 0 Å². The van der Waals surface area contributed by atoms with Gasteiger partial charge in [0.1, 0.15) is 11.9 Å². The fourth-order valence-electron chi connectivity index (χ4n) is 6.38. The van der Waals surface area contributed by atoms with Crippen LogP contribution in [0.25, 0.3) is 0 Å². The summed E-state index contributed by atoms with van der Waals surface area (Å²) < 4.78 is 41.1. The molecule has 2 aromatic rings. The zero-order chi connectivity index (χ0) is 28.8. The largest absolute Gasteiger partial charge is 0.395 e. The van der Waals surface area contributed by atoms with Crippen LogP contribution in [0.3, 0.4) is 0 Å². The van der Waals surface area contributed by atoms with E-state index in [1.165, 1.54) is 12.8 Å². The van der Waals surface area contributed by atoms with E-state index < -0.39 is 28.6 Å². The quantitative estimate of drug-likeness (QED) is 0.431. The normalized spacial score (nSPS) is 20.3. The Morgan fingerprint density at radius 1 is 1.07 bits per heavy atom. The Hall–Kier alpha value is -3.12. The Morgan fingerprint density at radius 2 is 1.80 bits per heavy atom. The van der Waals surface area contributed by atoms with Crippen LogP contribution in [0, 0.1) is 5.41 Å². The standard InChI is InChI=1S/C29H39FN6O4S/c1-34-11-4-20-18-24(31-27(26(20)34)36-12-5-21(30)6-13-36)28(38)32-23-3-2-22(33-41(39,40)17-16-37)19-25(23)35-14-9-29(7-8-29)10-15-35/h2-3,18-19,21,33,37H,4-17H2,1H3,(H,32,38). The first-order chi connectivity index (χ1) is 19.7. The first kappa shape index (κ1) is 28.0. The monoisotopic (exact) mass is 586 g/mol. The van der Waals surface area contributed by atoms with Gasteiger partial charge >= 0.3 is 0 Å². The zero-order valence-electron chi connectivity index (χ0n) is 23.5. The molecule has 1 aromatic carbocycles. The Labute approximate surface area is 241 Å². The minimum atomic E-state index is -3.70. The number of rotatable bonds is 8. The van der Waals surface area contributed by atoms with Crippen LogP contribution in [0.2, 0.25) is 0 Å². The number of piperidine rings is 2. The van der Waals surface area contributed by atoms with E-state index in [0.29, 0.717) is 48.4 Å². The van der Waals surface area contributed by atoms with Crippen molar-refractivity contribution < 1.29 is 22.7 Å². The molecule has 3 aliphatic heterocycles. The van der Waals surface area contributed by atoms with E-state index in [1.54, 1.807) is 18.2 Å². The van der Waals surface area contributed by atoms with Crippen LogP contribution >= 0.6 is 0 Å². The number of nitrogens with zero attached hydrogens (tertiary/aromatic N) is 4. The number of hydrogen-bond acceptors (Lipinski definition) is 8. The number of carbonyl (C=O) groups is 1. The van der Waals surface area contributed by atoms with Crippen molar-refractivity contribution in [2.75, 3.05) is 76.9 Å². The average molecular weight is 587 g/mol. The fraction of sp³-hybridized carbons (Fsp3) is 0.586. The first-order valence-electron chi connectivity index (χ1n) is 14.6. The maximum Gasteiger partial charge on any atom is 0.274 e. The van der Waals surface area contributed by atoms with Gasteiger partial charge in [-0.1, -0.05) is 0 Å². The van der Waals surface area contributed by atoms with Crippen molar-refractivity contribution in [3.05, 3.63) is 35.5 Å². The van der Waals surface area contributed by atoms with E-state index in [-0.39, 0.29) is 5.91 Å². The molecule has 0 atom stereocenters. The van der Waals surface area contributed by atoms with Crippen molar-refractivity contribution in [1.29, 1.82) is 0 Å². The molecule has 10 nitrogen and oxygen atoms in total. The summed E-state index contributed by atoms with van der Waals surface area (Å²) in [6.07, 6.45) is 5.56. The van der Waals surface area contributed by atoms with Gasteiger partial charge in [0, 0.05) is 39.8 Å². The van der Waals surface area contributed by atoms with Gasteiger partial charge in [-0.25, -0.2) is 17.8 Å². The molecule has 0 bridgehead atoms. The van der Waals surface area contributed by atoms with Crippen molar-refractivity contribution >= 4 is 44.5 Å². The minimum Gasteiger partial charge on any atom is -0.395 e. The summed E-state index contributed by atoms with van der Waals surface area (Å²) in [5.74, 6) is 0.00564. The number of halogens is 1. The van der Waals surface area contributed by atoms with Crippen LogP contribution in [-0.4, -0.2) is 82.7 Å². The van der Waals surface area contributed by atoms with E-state index in [1.807, 2.05) is 13.1 Å². The third-order valence-electron chi connectivity index (χ3n) is 9.11. The minimum absolute atomic E-state index is 0.311. The second kappa shape index (κ2) is 10.9. The van der Waals surface area contributed by atoms with Crippen molar-refractivity contribution in [1.82, 2.24) is 4.98 Å². The Balaban J connectivity index is 1.29. The molecular formula is C29H39FN6O4S. The van der Waals surface area contributed by atoms with Crippen LogP contribution in [-0.2, 0) is 16.4 Å². The number of nitrogens with one attached hydrogen (secondary N) is 2. The number of aliphatic hydroxyl groups is 1. The van der Waals surface area contributed by atoms with Gasteiger partial charge in [0.2, 0.25) is 10.0 Å². The topological polar surface area (TPSA) is 118 Å². The lowest BCUT2D eigenvalue weighted by Crippen LogP contribution is -2.36. The second-order valence-corrected chi connectivity index (χ2v) is 13.8. The highest BCUT2D eigenvalue weighted by molar-refractivity contribution is 7.92. The summed E-state index contributed by atoms with van der Waals surface area (Å²) in [6.45, 7) is 3.15. The summed E-state index contributed by atoms with van der Waals surface area (Å²) in [5, 5.41) is 12.2. The maximum atomic E-state index is 13.9. The number of pyridine rings is 1. The summed E-state index contributed by atoms with van der Waals surface area (Å²) >= 11 is 0. The number of sulfonamides is 1. The summed E-state index contributed by atoms with van der Waals surface area (Å²) in [7, 11) is -1.68. The molecule has 0 radical (unpaired) electrons. The van der Waals surface area contributed by atoms with E-state index in [2.05, 4.69) is 24.7 Å². The van der Waals surface area contributed by atoms with Crippen molar-refractivity contribution in [2.45, 2.75) is 51.1 Å². The number of amides is 1. The fourth-order valence-corrected chi connectivity index (χ4v) is 7.21. The van der Waals surface area contributed by atoms with Crippen molar-refractivity contribution in [2.24, 2.45) is 5.41 Å². The van der Waals surface area contributed by atoms with Gasteiger partial charge in [0.25, 0.3) is 5.91 Å². The molecule has 4 aliphatic rings. The van der Waals surface area contributed by atoms with E-state index in [4.69, 9.17) is 10.1 Å². The number of hydrogen-bond donors (Lipinski definition) is 3. The Kier molecular flexibility index (Phi) is 7.48. The third kappa shape index (κ3) is 5.94. The molecule has 12 heteroatoms. The average Bonchev–Trinajstić information content (AvgIpc) is 3.60. The smallest absolute Gasteiger partial charge is 0.274 e. The van der Waals surface area contributed by atoms with Gasteiger partial charge in [0.15, 0.2) is 5.82 Å². The van der Waals surface area contributed by atoms with Gasteiger partial charge < -0.3 is 25.1 Å². The molecular weight excluding hydrogens is 547 g/mol. The predicted molar refractivity (Wildman–Crippen MR) is 160 cm³/mol. The Bertz CT molecular complexity index is 1410. The lowest BCUT2D eigenvalue weighted by Gasteiger charge is -2.35. The van der Waals surface area contributed by atoms with E-state index in [0.717, 1.165) is 61.7 Å². The van der Waals surface area contributed by atoms with Crippen LogP contribution in [0.15, 0.2) is 24.3 Å². The second-order valence-electron chi connectivity index (χ2n) is 12.0. The SMILES string of the molecule is CN1CCc2cc(C(=O)Nc3ccc(NS(=O)(=O)CCO)cc3N3CCC4(CC3)CC4)nc(N3CCC(F)CC3)c21. The highest BCUT2D eigenvalue weighted by Gasteiger charge is 2.44. The predicted octanol–water partition coefficient (Wildman–Crippen LogP) is 3.38. The number of fused-ring (bicyclic) bond motifs is 1. The highest BCUT2D eigenvalue weighted by Crippen LogP contribution is 2.54. The van der Waals surface area contributed by atoms with Crippen LogP contribution in [0.5, 0.6) is 0 Å². The molecule has 222 valence electrons. The number of alkyl halides is 1. The van der Waals surface area contributed by atoms with Gasteiger partial charge in [-0.3, -0.25) is 9.52 Å². The van der Waals surface area contributed by atoms with Crippen LogP contribution in [0.1, 0.15) is 54.6 Å². The molecule has 41 heavy (non-hydrogen) atoms. The zero-order valence-corrected chi connectivity index (χ0v) is 24.3. The number of anilines is 5. The lowest BCUT2D eigenvalue weighted by atomic mass is 9.93. The number of benzene rings is 1. The molecule has 1 aliphatic carbocycles. The number of likely N-dealkylation sites (N-methyl/N-ethyl adjacent to an activating group) is 1. The molecule has 0 unspecified atom stereocenters. The molecule has 1 saturated carbocycles. The molecule has 3 fully saturated rings. The van der Waals surface area contributed by atoms with Crippen LogP contribution < -0.4 is 24.7 Å². The first-order valence-corrected chi connectivity index (χ1v) is 16.3. The summed E-state index contributed by atoms with van der Waals surface area (Å²) in [6, 6.07) is 6.96. The summed E-state index contributed by atoms with van der Waals surface area (Å²) in [4.78, 5) is 25.0. The number of carbonyl (C=O) groups excluding carboxylic acids is 1. The number of aromatic nitrogens is 1. The van der Waals surface area contributed by atoms with Crippen molar-refractivity contribution in [3.63, 3.8) is 0 Å². The maximum absolute atomic E-state index is 13.9. The van der Waals surface area contributed by atoms with E-state index >= 15 is 0 Å². The van der Waals surface area contributed by atoms with Crippen molar-refractivity contribution in [3.8, 4) is 0 Å². The molecule has 3 N–H and O–H groups in total. The molecule has 4 heterocycles. The molecule has 2 saturated heterocycles. The Morgan fingerprint density at radius 3 is 2.49 bits per heavy atom. The molecule has 6 rings (SSSR count). The van der Waals surface area contributed by atoms with Gasteiger partial charge in [-0.2, -0.15) is 0 Å². The van der Waals surface area contributed by atoms with Crippen LogP contribution in [0.4, 0.5) is 33.0 Å². The number of aliphatic hydroxyl groups excluding tert-OH is 1. The van der Waals surface area contributed by atoms with Gasteiger partial charge in [0.05, 0.1) is 35.1 Å². The van der Waals surface area contributed by atoms with E-state index in [9.17, 15) is 17.6 Å². The molecule has 1 amide bonds. The van der Waals surface area contributed by atoms with Gasteiger partial charge in [-0.05, 0) is 80.2 Å². The third-order valence-corrected chi connectivity index (χ3v) is 10.4.